The first kappa shape index (κ1) is 14.8. The van der Waals surface area contributed by atoms with Gasteiger partial charge in [-0.1, -0.05) is 6.92 Å². The molecule has 0 atom stereocenters. The van der Waals surface area contributed by atoms with Gasteiger partial charge in [0, 0.05) is 6.42 Å². The van der Waals surface area contributed by atoms with Crippen LogP contribution in [-0.4, -0.2) is 17.6 Å². The maximum Gasteiger partial charge on any atom is 0.350 e. The van der Waals surface area contributed by atoms with Crippen LogP contribution in [0.4, 0.5) is 8.78 Å². The van der Waals surface area contributed by atoms with Crippen LogP contribution in [0.15, 0.2) is 11.7 Å². The average Bonchev–Trinajstić information content (AvgIpc) is 2.70. The molecule has 0 bridgehead atoms. The van der Waals surface area contributed by atoms with E-state index < -0.39 is 12.0 Å². The number of aromatic nitrogens is 1. The zero-order chi connectivity index (χ0) is 13.7. The van der Waals surface area contributed by atoms with E-state index in [4.69, 9.17) is 4.74 Å². The lowest BCUT2D eigenvalue weighted by Crippen LogP contribution is -2.06. The van der Waals surface area contributed by atoms with E-state index in [0.29, 0.717) is 10.6 Å². The highest BCUT2D eigenvalue weighted by atomic mass is 32.1. The molecule has 0 unspecified atom stereocenters. The quantitative estimate of drug-likeness (QED) is 0.769. The maximum atomic E-state index is 12.1. The molecule has 1 heterocycles. The van der Waals surface area contributed by atoms with Crippen LogP contribution in [0.3, 0.4) is 0 Å². The van der Waals surface area contributed by atoms with Crippen molar-refractivity contribution in [2.75, 3.05) is 6.61 Å². The first-order chi connectivity index (χ1) is 8.45. The van der Waals surface area contributed by atoms with Gasteiger partial charge < -0.3 is 4.74 Å². The molecule has 0 fully saturated rings. The summed E-state index contributed by atoms with van der Waals surface area (Å²) in [6, 6.07) is 0. The summed E-state index contributed by atoms with van der Waals surface area (Å²) in [5, 5.41) is 0.866. The lowest BCUT2D eigenvalue weighted by molar-refractivity contribution is 0.0512. The van der Waals surface area contributed by atoms with E-state index in [2.05, 4.69) is 4.98 Å². The Kier molecular flexibility index (Phi) is 5.40. The first-order valence-electron chi connectivity index (χ1n) is 5.59. The molecule has 0 N–H and O–H groups in total. The minimum absolute atomic E-state index is 0.0409. The number of ether oxygens (including phenoxy) is 1. The van der Waals surface area contributed by atoms with Gasteiger partial charge in [-0.2, -0.15) is 8.78 Å². The van der Waals surface area contributed by atoms with Gasteiger partial charge in [0.15, 0.2) is 0 Å². The topological polar surface area (TPSA) is 39.2 Å². The highest BCUT2D eigenvalue weighted by molar-refractivity contribution is 7.13. The van der Waals surface area contributed by atoms with E-state index in [1.54, 1.807) is 6.92 Å². The number of nitrogens with zero attached hydrogens (tertiary/aromatic N) is 1. The Morgan fingerprint density at radius 3 is 2.61 bits per heavy atom. The summed E-state index contributed by atoms with van der Waals surface area (Å²) in [4.78, 5) is 16.4. The molecule has 100 valence electrons. The Morgan fingerprint density at radius 1 is 1.44 bits per heavy atom. The van der Waals surface area contributed by atoms with Crippen molar-refractivity contribution < 1.29 is 18.3 Å². The number of aryl methyl sites for hydroxylation is 2. The molecule has 1 aromatic heterocycles. The lowest BCUT2D eigenvalue weighted by atomic mass is 10.2. The Labute approximate surface area is 108 Å². The van der Waals surface area contributed by atoms with Gasteiger partial charge in [0.1, 0.15) is 4.88 Å². The van der Waals surface area contributed by atoms with Gasteiger partial charge in [-0.15, -0.1) is 11.3 Å². The second-order valence-electron chi connectivity index (χ2n) is 3.80. The summed E-state index contributed by atoms with van der Waals surface area (Å²) in [6.45, 7) is 4.96. The molecule has 0 aromatic carbocycles. The van der Waals surface area contributed by atoms with Crippen molar-refractivity contribution in [2.45, 2.75) is 33.6 Å². The van der Waals surface area contributed by atoms with Crippen LogP contribution in [0.2, 0.25) is 0 Å². The fourth-order valence-corrected chi connectivity index (χ4v) is 2.15. The summed E-state index contributed by atoms with van der Waals surface area (Å²) in [5.74, 6) is -0.489. The normalized spacial score (nSPS) is 10.3. The average molecular weight is 275 g/mol. The monoisotopic (exact) mass is 275 g/mol. The predicted molar refractivity (Wildman–Crippen MR) is 66.0 cm³/mol. The van der Waals surface area contributed by atoms with Gasteiger partial charge in [0.05, 0.1) is 17.3 Å². The first-order valence-corrected chi connectivity index (χ1v) is 6.41. The number of esters is 1. The van der Waals surface area contributed by atoms with Gasteiger partial charge in [-0.05, 0) is 25.8 Å². The third kappa shape index (κ3) is 3.87. The summed E-state index contributed by atoms with van der Waals surface area (Å²) < 4.78 is 29.2. The van der Waals surface area contributed by atoms with Crippen LogP contribution >= 0.6 is 11.3 Å². The van der Waals surface area contributed by atoms with Crippen molar-refractivity contribution in [3.05, 3.63) is 27.2 Å². The zero-order valence-corrected chi connectivity index (χ0v) is 11.4. The van der Waals surface area contributed by atoms with E-state index in [0.717, 1.165) is 11.4 Å². The Morgan fingerprint density at radius 2 is 2.11 bits per heavy atom. The molecule has 0 aliphatic heterocycles. The van der Waals surface area contributed by atoms with E-state index in [1.807, 2.05) is 6.92 Å². The molecule has 6 heteroatoms. The largest absolute Gasteiger partial charge is 0.461 e. The molecule has 0 amide bonds. The molecular weight excluding hydrogens is 260 g/mol. The van der Waals surface area contributed by atoms with Crippen LogP contribution in [0, 0.1) is 6.92 Å². The summed E-state index contributed by atoms with van der Waals surface area (Å²) in [6.07, 6.45) is -0.909. The van der Waals surface area contributed by atoms with E-state index in [9.17, 15) is 13.6 Å². The number of rotatable bonds is 5. The maximum absolute atomic E-state index is 12.1. The van der Waals surface area contributed by atoms with Crippen molar-refractivity contribution in [1.82, 2.24) is 4.98 Å². The molecule has 0 spiro atoms. The Hall–Kier alpha value is -1.30. The van der Waals surface area contributed by atoms with Crippen LogP contribution in [0.25, 0.3) is 0 Å². The van der Waals surface area contributed by atoms with Gasteiger partial charge in [-0.25, -0.2) is 9.78 Å². The smallest absolute Gasteiger partial charge is 0.350 e. The number of carbonyl (C=O) groups is 1. The number of carbonyl (C=O) groups excluding carboxylic acids is 1. The van der Waals surface area contributed by atoms with Crippen molar-refractivity contribution >= 4 is 17.3 Å². The third-order valence-corrected chi connectivity index (χ3v) is 3.64. The standard InChI is InChI=1S/C12H15F2NO2S/c1-4-9-15-8(3)10(18-9)12(16)17-6-5-7(2)11(13)14/h4-6H2,1-3H3. The molecule has 1 aromatic rings. The van der Waals surface area contributed by atoms with Gasteiger partial charge in [-0.3, -0.25) is 0 Å². The van der Waals surface area contributed by atoms with Crippen LogP contribution in [-0.2, 0) is 11.2 Å². The van der Waals surface area contributed by atoms with Crippen molar-refractivity contribution in [3.8, 4) is 0 Å². The summed E-state index contributed by atoms with van der Waals surface area (Å²) in [5.41, 5.74) is 0.573. The van der Waals surface area contributed by atoms with E-state index in [-0.39, 0.29) is 18.6 Å². The van der Waals surface area contributed by atoms with Crippen LogP contribution in [0.1, 0.15) is 40.6 Å². The molecule has 0 aliphatic rings. The van der Waals surface area contributed by atoms with Crippen LogP contribution < -0.4 is 0 Å². The second-order valence-corrected chi connectivity index (χ2v) is 4.89. The summed E-state index contributed by atoms with van der Waals surface area (Å²) >= 11 is 1.29. The van der Waals surface area contributed by atoms with Gasteiger partial charge in [0.2, 0.25) is 0 Å². The van der Waals surface area contributed by atoms with Gasteiger partial charge in [0.25, 0.3) is 6.08 Å². The number of thiazole rings is 1. The minimum atomic E-state index is -1.71. The van der Waals surface area contributed by atoms with Crippen LogP contribution in [0.5, 0.6) is 0 Å². The fourth-order valence-electron chi connectivity index (χ4n) is 1.25. The lowest BCUT2D eigenvalue weighted by Gasteiger charge is -2.03. The second kappa shape index (κ2) is 6.58. The highest BCUT2D eigenvalue weighted by Crippen LogP contribution is 2.20. The molecule has 0 saturated heterocycles. The van der Waals surface area contributed by atoms with E-state index >= 15 is 0 Å². The minimum Gasteiger partial charge on any atom is -0.461 e. The van der Waals surface area contributed by atoms with Gasteiger partial charge >= 0.3 is 5.97 Å². The SMILES string of the molecule is CCc1nc(C)c(C(=O)OCCC(C)=C(F)F)s1. The molecule has 1 rings (SSSR count). The molecule has 0 radical (unpaired) electrons. The van der Waals surface area contributed by atoms with Crippen molar-refractivity contribution in [2.24, 2.45) is 0 Å². The van der Waals surface area contributed by atoms with Crippen molar-refractivity contribution in [3.63, 3.8) is 0 Å². The van der Waals surface area contributed by atoms with Crippen molar-refractivity contribution in [1.29, 1.82) is 0 Å². The number of halogens is 2. The fraction of sp³-hybridized carbons (Fsp3) is 0.500. The molecule has 3 nitrogen and oxygen atoms in total. The Balaban J connectivity index is 2.55. The summed E-state index contributed by atoms with van der Waals surface area (Å²) in [7, 11) is 0. The molecule has 18 heavy (non-hydrogen) atoms. The number of hydrogen-bond acceptors (Lipinski definition) is 4. The zero-order valence-electron chi connectivity index (χ0n) is 10.5. The Bertz CT molecular complexity index is 465. The predicted octanol–water partition coefficient (Wildman–Crippen LogP) is 3.73. The highest BCUT2D eigenvalue weighted by Gasteiger charge is 2.16. The van der Waals surface area contributed by atoms with E-state index in [1.165, 1.54) is 18.3 Å². The third-order valence-electron chi connectivity index (χ3n) is 2.36. The molecule has 0 saturated carbocycles. The molecule has 0 aliphatic carbocycles. The molecular formula is C12H15F2NO2S. The number of hydrogen-bond donors (Lipinski definition) is 0.